The summed E-state index contributed by atoms with van der Waals surface area (Å²) >= 11 is 0. The molecule has 0 amide bonds. The average molecular weight is 246 g/mol. The van der Waals surface area contributed by atoms with Crippen molar-refractivity contribution in [2.45, 2.75) is 59.2 Å². The van der Waals surface area contributed by atoms with Gasteiger partial charge in [-0.15, -0.1) is 0 Å². The van der Waals surface area contributed by atoms with Crippen molar-refractivity contribution in [2.75, 3.05) is 0 Å². The van der Waals surface area contributed by atoms with Gasteiger partial charge in [0.1, 0.15) is 5.41 Å². The van der Waals surface area contributed by atoms with Gasteiger partial charge in [0.15, 0.2) is 0 Å². The van der Waals surface area contributed by atoms with Crippen LogP contribution in [0.25, 0.3) is 0 Å². The molecule has 0 heterocycles. The number of carboxylic acids is 2. The summed E-state index contributed by atoms with van der Waals surface area (Å²) in [5.41, 5.74) is -2.46. The van der Waals surface area contributed by atoms with Crippen molar-refractivity contribution < 1.29 is 24.5 Å². The third-order valence-electron chi connectivity index (χ3n) is 3.15. The van der Waals surface area contributed by atoms with Crippen LogP contribution in [-0.2, 0) is 14.3 Å². The lowest BCUT2D eigenvalue weighted by Gasteiger charge is -2.43. The summed E-state index contributed by atoms with van der Waals surface area (Å²) in [4.78, 5) is 22.4. The Labute approximate surface area is 102 Å². The molecule has 0 aromatic carbocycles. The second-order valence-corrected chi connectivity index (χ2v) is 4.99. The number of rotatable bonds is 7. The maximum absolute atomic E-state index is 11.5. The van der Waals surface area contributed by atoms with Crippen molar-refractivity contribution in [3.8, 4) is 0 Å². The SMILES string of the molecule is CCC(CC(=O)O)(C(=O)O)C(C)(C)OC(C)C. The number of hydrogen-bond acceptors (Lipinski definition) is 3. The molecule has 0 aliphatic carbocycles. The van der Waals surface area contributed by atoms with Crippen LogP contribution in [0.3, 0.4) is 0 Å². The van der Waals surface area contributed by atoms with E-state index in [2.05, 4.69) is 0 Å². The highest BCUT2D eigenvalue weighted by Gasteiger charge is 2.52. The highest BCUT2D eigenvalue weighted by atomic mass is 16.5. The van der Waals surface area contributed by atoms with Gasteiger partial charge in [-0.3, -0.25) is 9.59 Å². The first-order valence-corrected chi connectivity index (χ1v) is 5.72. The average Bonchev–Trinajstić information content (AvgIpc) is 2.10. The van der Waals surface area contributed by atoms with Crippen LogP contribution in [0.5, 0.6) is 0 Å². The summed E-state index contributed by atoms with van der Waals surface area (Å²) in [7, 11) is 0. The van der Waals surface area contributed by atoms with Crippen molar-refractivity contribution in [3.63, 3.8) is 0 Å². The minimum atomic E-state index is -1.41. The fourth-order valence-electron chi connectivity index (χ4n) is 2.21. The number of carboxylic acid groups (broad SMARTS) is 2. The molecule has 0 fully saturated rings. The predicted octanol–water partition coefficient (Wildman–Crippen LogP) is 2.15. The maximum Gasteiger partial charge on any atom is 0.313 e. The molecule has 0 saturated carbocycles. The molecule has 1 atom stereocenters. The first-order chi connectivity index (χ1) is 7.59. The van der Waals surface area contributed by atoms with Crippen molar-refractivity contribution in [1.29, 1.82) is 0 Å². The van der Waals surface area contributed by atoms with Crippen LogP contribution in [0, 0.1) is 5.41 Å². The van der Waals surface area contributed by atoms with E-state index in [-0.39, 0.29) is 12.5 Å². The van der Waals surface area contributed by atoms with Crippen molar-refractivity contribution in [3.05, 3.63) is 0 Å². The lowest BCUT2D eigenvalue weighted by molar-refractivity contribution is -0.187. The molecule has 1 unspecified atom stereocenters. The van der Waals surface area contributed by atoms with Gasteiger partial charge in [-0.25, -0.2) is 0 Å². The topological polar surface area (TPSA) is 83.8 Å². The van der Waals surface area contributed by atoms with Gasteiger partial charge in [0.2, 0.25) is 0 Å². The Morgan fingerprint density at radius 1 is 1.24 bits per heavy atom. The van der Waals surface area contributed by atoms with Crippen LogP contribution in [0.1, 0.15) is 47.5 Å². The lowest BCUT2D eigenvalue weighted by Crippen LogP contribution is -2.53. The predicted molar refractivity (Wildman–Crippen MR) is 62.9 cm³/mol. The minimum absolute atomic E-state index is 0.163. The Morgan fingerprint density at radius 3 is 1.94 bits per heavy atom. The lowest BCUT2D eigenvalue weighted by atomic mass is 9.69. The summed E-state index contributed by atoms with van der Waals surface area (Å²) in [6.45, 7) is 8.53. The standard InChI is InChI=1S/C12H22O5/c1-6-12(10(15)16,7-9(13)14)11(4,5)17-8(2)3/h8H,6-7H2,1-5H3,(H,13,14)(H,15,16). The highest BCUT2D eigenvalue weighted by Crippen LogP contribution is 2.42. The zero-order chi connectivity index (χ0) is 13.9. The quantitative estimate of drug-likeness (QED) is 0.719. The van der Waals surface area contributed by atoms with Crippen LogP contribution >= 0.6 is 0 Å². The Hall–Kier alpha value is -1.10. The number of ether oxygens (including phenoxy) is 1. The van der Waals surface area contributed by atoms with E-state index in [0.29, 0.717) is 0 Å². The molecule has 5 nitrogen and oxygen atoms in total. The van der Waals surface area contributed by atoms with E-state index in [9.17, 15) is 14.7 Å². The van der Waals surface area contributed by atoms with Crippen molar-refractivity contribution in [2.24, 2.45) is 5.41 Å². The molecule has 5 heteroatoms. The fraction of sp³-hybridized carbons (Fsp3) is 0.833. The van der Waals surface area contributed by atoms with Crippen LogP contribution in [0.4, 0.5) is 0 Å². The Bertz CT molecular complexity index is 295. The maximum atomic E-state index is 11.5. The van der Waals surface area contributed by atoms with E-state index in [4.69, 9.17) is 9.84 Å². The number of hydrogen-bond donors (Lipinski definition) is 2. The van der Waals surface area contributed by atoms with E-state index in [1.807, 2.05) is 0 Å². The van der Waals surface area contributed by atoms with E-state index in [1.165, 1.54) is 0 Å². The van der Waals surface area contributed by atoms with Gasteiger partial charge in [0, 0.05) is 0 Å². The molecule has 0 aromatic heterocycles. The molecule has 0 spiro atoms. The van der Waals surface area contributed by atoms with Gasteiger partial charge in [0.05, 0.1) is 18.1 Å². The molecule has 2 N–H and O–H groups in total. The molecular formula is C12H22O5. The molecule has 0 bridgehead atoms. The minimum Gasteiger partial charge on any atom is -0.481 e. The molecule has 0 radical (unpaired) electrons. The summed E-state index contributed by atoms with van der Waals surface area (Å²) < 4.78 is 5.61. The molecule has 0 aromatic rings. The highest BCUT2D eigenvalue weighted by molar-refractivity contribution is 5.82. The largest absolute Gasteiger partial charge is 0.481 e. The van der Waals surface area contributed by atoms with Crippen LogP contribution in [0.15, 0.2) is 0 Å². The summed E-state index contributed by atoms with van der Waals surface area (Å²) in [6.07, 6.45) is -0.406. The molecule has 0 saturated heterocycles. The summed E-state index contributed by atoms with van der Waals surface area (Å²) in [5, 5.41) is 18.3. The van der Waals surface area contributed by atoms with Gasteiger partial charge in [-0.05, 0) is 34.1 Å². The molecule has 0 rings (SSSR count). The van der Waals surface area contributed by atoms with E-state index >= 15 is 0 Å². The monoisotopic (exact) mass is 246 g/mol. The number of carbonyl (C=O) groups is 2. The van der Waals surface area contributed by atoms with Crippen LogP contribution < -0.4 is 0 Å². The van der Waals surface area contributed by atoms with E-state index in [1.54, 1.807) is 34.6 Å². The van der Waals surface area contributed by atoms with Crippen LogP contribution in [0.2, 0.25) is 0 Å². The second-order valence-electron chi connectivity index (χ2n) is 4.99. The molecular weight excluding hydrogens is 224 g/mol. The second kappa shape index (κ2) is 5.49. The third-order valence-corrected chi connectivity index (χ3v) is 3.15. The zero-order valence-electron chi connectivity index (χ0n) is 11.1. The first kappa shape index (κ1) is 15.9. The van der Waals surface area contributed by atoms with Crippen molar-refractivity contribution >= 4 is 11.9 Å². The van der Waals surface area contributed by atoms with Gasteiger partial charge in [-0.1, -0.05) is 6.92 Å². The normalized spacial score (nSPS) is 15.6. The van der Waals surface area contributed by atoms with Crippen molar-refractivity contribution in [1.82, 2.24) is 0 Å². The smallest absolute Gasteiger partial charge is 0.313 e. The van der Waals surface area contributed by atoms with Gasteiger partial charge < -0.3 is 14.9 Å². The van der Waals surface area contributed by atoms with Gasteiger partial charge >= 0.3 is 11.9 Å². The Balaban J connectivity index is 5.41. The molecule has 0 aliphatic rings. The zero-order valence-corrected chi connectivity index (χ0v) is 11.1. The van der Waals surface area contributed by atoms with E-state index < -0.39 is 29.4 Å². The van der Waals surface area contributed by atoms with E-state index in [0.717, 1.165) is 0 Å². The third kappa shape index (κ3) is 3.43. The molecule has 17 heavy (non-hydrogen) atoms. The molecule has 100 valence electrons. The van der Waals surface area contributed by atoms with Gasteiger partial charge in [0.25, 0.3) is 0 Å². The molecule has 0 aliphatic heterocycles. The summed E-state index contributed by atoms with van der Waals surface area (Å²) in [6, 6.07) is 0. The summed E-state index contributed by atoms with van der Waals surface area (Å²) in [5.74, 6) is -2.26. The fourth-order valence-corrected chi connectivity index (χ4v) is 2.21. The Kier molecular flexibility index (Phi) is 5.13. The number of aliphatic carboxylic acids is 2. The first-order valence-electron chi connectivity index (χ1n) is 5.72. The van der Waals surface area contributed by atoms with Gasteiger partial charge in [-0.2, -0.15) is 0 Å². The Morgan fingerprint density at radius 2 is 1.71 bits per heavy atom. The van der Waals surface area contributed by atoms with Crippen LogP contribution in [-0.4, -0.2) is 33.9 Å².